The molecule has 0 unspecified atom stereocenters. The van der Waals surface area contributed by atoms with Gasteiger partial charge in [-0.3, -0.25) is 4.79 Å². The third-order valence-electron chi connectivity index (χ3n) is 4.59. The monoisotopic (exact) mass is 435 g/mol. The first-order chi connectivity index (χ1) is 13.1. The molecule has 2 aromatic rings. The SMILES string of the molecule is CCN1CCN(c2ccccc2NC(=O)COc2ccc(Br)cc2F)CC1. The predicted molar refractivity (Wildman–Crippen MR) is 109 cm³/mol. The molecule has 0 atom stereocenters. The summed E-state index contributed by atoms with van der Waals surface area (Å²) in [6, 6.07) is 12.2. The molecule has 5 nitrogen and oxygen atoms in total. The third-order valence-corrected chi connectivity index (χ3v) is 5.08. The summed E-state index contributed by atoms with van der Waals surface area (Å²) >= 11 is 3.19. The Bertz CT molecular complexity index is 795. The molecule has 0 saturated carbocycles. The second-order valence-corrected chi connectivity index (χ2v) is 7.27. The maximum atomic E-state index is 13.8. The molecular formula is C20H23BrFN3O2. The van der Waals surface area contributed by atoms with Crippen molar-refractivity contribution in [2.45, 2.75) is 6.92 Å². The molecule has 1 aliphatic heterocycles. The number of carbonyl (C=O) groups excluding carboxylic acids is 1. The van der Waals surface area contributed by atoms with Crippen LogP contribution in [-0.4, -0.2) is 50.1 Å². The number of benzene rings is 2. The van der Waals surface area contributed by atoms with Crippen molar-refractivity contribution >= 4 is 33.2 Å². The van der Waals surface area contributed by atoms with E-state index in [1.54, 1.807) is 6.07 Å². The number of likely N-dealkylation sites (N-methyl/N-ethyl adjacent to an activating group) is 1. The fraction of sp³-hybridized carbons (Fsp3) is 0.350. The number of anilines is 2. The number of rotatable bonds is 6. The van der Waals surface area contributed by atoms with Gasteiger partial charge in [-0.1, -0.05) is 35.0 Å². The topological polar surface area (TPSA) is 44.8 Å². The van der Waals surface area contributed by atoms with Crippen LogP contribution in [0.2, 0.25) is 0 Å². The maximum Gasteiger partial charge on any atom is 0.262 e. The highest BCUT2D eigenvalue weighted by atomic mass is 79.9. The van der Waals surface area contributed by atoms with Gasteiger partial charge < -0.3 is 19.9 Å². The molecule has 3 rings (SSSR count). The van der Waals surface area contributed by atoms with E-state index in [1.165, 1.54) is 12.1 Å². The molecular weight excluding hydrogens is 413 g/mol. The highest BCUT2D eigenvalue weighted by Crippen LogP contribution is 2.27. The van der Waals surface area contributed by atoms with Crippen LogP contribution in [0.3, 0.4) is 0 Å². The number of amides is 1. The van der Waals surface area contributed by atoms with Crippen molar-refractivity contribution in [1.82, 2.24) is 4.90 Å². The Kier molecular flexibility index (Phi) is 6.68. The van der Waals surface area contributed by atoms with Crippen LogP contribution in [-0.2, 0) is 4.79 Å². The van der Waals surface area contributed by atoms with Gasteiger partial charge >= 0.3 is 0 Å². The number of halogens is 2. The molecule has 7 heteroatoms. The van der Waals surface area contributed by atoms with Crippen LogP contribution in [0.25, 0.3) is 0 Å². The standard InChI is InChI=1S/C20H23BrFN3O2/c1-2-24-9-11-25(12-10-24)18-6-4-3-5-17(18)23-20(26)14-27-19-8-7-15(21)13-16(19)22/h3-8,13H,2,9-12,14H2,1H3,(H,23,26). The van der Waals surface area contributed by atoms with Crippen molar-refractivity contribution in [2.24, 2.45) is 0 Å². The molecule has 0 spiro atoms. The van der Waals surface area contributed by atoms with E-state index in [0.717, 1.165) is 44.1 Å². The average Bonchev–Trinajstić information content (AvgIpc) is 2.68. The molecule has 1 N–H and O–H groups in total. The van der Waals surface area contributed by atoms with Gasteiger partial charge in [0.25, 0.3) is 5.91 Å². The van der Waals surface area contributed by atoms with Crippen LogP contribution in [0.15, 0.2) is 46.9 Å². The molecule has 27 heavy (non-hydrogen) atoms. The molecule has 1 fully saturated rings. The van der Waals surface area contributed by atoms with Gasteiger partial charge in [-0.2, -0.15) is 0 Å². The Morgan fingerprint density at radius 3 is 2.63 bits per heavy atom. The first-order valence-electron chi connectivity index (χ1n) is 9.01. The van der Waals surface area contributed by atoms with Gasteiger partial charge in [0.1, 0.15) is 0 Å². The first-order valence-corrected chi connectivity index (χ1v) is 9.80. The van der Waals surface area contributed by atoms with Crippen molar-refractivity contribution in [3.63, 3.8) is 0 Å². The van der Waals surface area contributed by atoms with Crippen LogP contribution in [0.1, 0.15) is 6.92 Å². The minimum absolute atomic E-state index is 0.0531. The molecule has 0 aliphatic carbocycles. The third kappa shape index (κ3) is 5.20. The second kappa shape index (κ2) is 9.19. The lowest BCUT2D eigenvalue weighted by molar-refractivity contribution is -0.118. The van der Waals surface area contributed by atoms with Gasteiger partial charge in [0.05, 0.1) is 11.4 Å². The summed E-state index contributed by atoms with van der Waals surface area (Å²) in [4.78, 5) is 17.0. The average molecular weight is 436 g/mol. The molecule has 1 saturated heterocycles. The van der Waals surface area contributed by atoms with Crippen molar-refractivity contribution in [3.05, 3.63) is 52.8 Å². The zero-order valence-electron chi connectivity index (χ0n) is 15.3. The summed E-state index contributed by atoms with van der Waals surface area (Å²) in [6.07, 6.45) is 0. The number of piperazine rings is 1. The number of hydrogen-bond donors (Lipinski definition) is 1. The first kappa shape index (κ1) is 19.6. The Hall–Kier alpha value is -2.12. The fourth-order valence-corrected chi connectivity index (χ4v) is 3.42. The molecule has 0 aromatic heterocycles. The highest BCUT2D eigenvalue weighted by Gasteiger charge is 2.19. The molecule has 0 radical (unpaired) electrons. The molecule has 0 bridgehead atoms. The number of nitrogens with zero attached hydrogens (tertiary/aromatic N) is 2. The summed E-state index contributed by atoms with van der Waals surface area (Å²) in [6.45, 7) is 6.81. The molecule has 1 amide bonds. The van der Waals surface area contributed by atoms with Gasteiger partial charge in [-0.05, 0) is 36.9 Å². The van der Waals surface area contributed by atoms with E-state index in [4.69, 9.17) is 4.74 Å². The van der Waals surface area contributed by atoms with Crippen LogP contribution >= 0.6 is 15.9 Å². The Morgan fingerprint density at radius 2 is 1.93 bits per heavy atom. The number of ether oxygens (including phenoxy) is 1. The molecule has 2 aromatic carbocycles. The van der Waals surface area contributed by atoms with Gasteiger partial charge in [0.15, 0.2) is 18.2 Å². The van der Waals surface area contributed by atoms with E-state index >= 15 is 0 Å². The minimum Gasteiger partial charge on any atom is -0.481 e. The van der Waals surface area contributed by atoms with Crippen molar-refractivity contribution in [2.75, 3.05) is 49.5 Å². The Morgan fingerprint density at radius 1 is 1.19 bits per heavy atom. The van der Waals surface area contributed by atoms with Gasteiger partial charge in [-0.15, -0.1) is 0 Å². The van der Waals surface area contributed by atoms with E-state index in [2.05, 4.69) is 38.0 Å². The van der Waals surface area contributed by atoms with Gasteiger partial charge in [0, 0.05) is 30.7 Å². The smallest absolute Gasteiger partial charge is 0.262 e. The number of carbonyl (C=O) groups is 1. The van der Waals surface area contributed by atoms with E-state index < -0.39 is 5.82 Å². The zero-order valence-corrected chi connectivity index (χ0v) is 16.8. The van der Waals surface area contributed by atoms with E-state index in [-0.39, 0.29) is 18.3 Å². The lowest BCUT2D eigenvalue weighted by Gasteiger charge is -2.36. The van der Waals surface area contributed by atoms with Gasteiger partial charge in [0.2, 0.25) is 0 Å². The lowest BCUT2D eigenvalue weighted by atomic mass is 10.2. The zero-order chi connectivity index (χ0) is 19.2. The quantitative estimate of drug-likeness (QED) is 0.750. The van der Waals surface area contributed by atoms with E-state index in [9.17, 15) is 9.18 Å². The highest BCUT2D eigenvalue weighted by molar-refractivity contribution is 9.10. The molecule has 1 heterocycles. The number of nitrogens with one attached hydrogen (secondary N) is 1. The van der Waals surface area contributed by atoms with Crippen LogP contribution < -0.4 is 15.0 Å². The van der Waals surface area contributed by atoms with Gasteiger partial charge in [-0.25, -0.2) is 4.39 Å². The largest absolute Gasteiger partial charge is 0.481 e. The fourth-order valence-electron chi connectivity index (χ4n) is 3.08. The normalized spacial score (nSPS) is 14.9. The van der Waals surface area contributed by atoms with Crippen molar-refractivity contribution in [1.29, 1.82) is 0 Å². The summed E-state index contributed by atoms with van der Waals surface area (Å²) in [5.74, 6) is -0.777. The molecule has 1 aliphatic rings. The number of hydrogen-bond acceptors (Lipinski definition) is 4. The van der Waals surface area contributed by atoms with Crippen LogP contribution in [0.5, 0.6) is 5.75 Å². The lowest BCUT2D eigenvalue weighted by Crippen LogP contribution is -2.46. The maximum absolute atomic E-state index is 13.8. The van der Waals surface area contributed by atoms with E-state index in [0.29, 0.717) is 4.47 Å². The summed E-state index contributed by atoms with van der Waals surface area (Å²) in [5.41, 5.74) is 1.74. The summed E-state index contributed by atoms with van der Waals surface area (Å²) in [7, 11) is 0. The summed E-state index contributed by atoms with van der Waals surface area (Å²) in [5, 5.41) is 2.88. The Balaban J connectivity index is 1.61. The van der Waals surface area contributed by atoms with Crippen molar-refractivity contribution in [3.8, 4) is 5.75 Å². The molecule has 144 valence electrons. The summed E-state index contributed by atoms with van der Waals surface area (Å²) < 4.78 is 19.7. The number of para-hydroxylation sites is 2. The second-order valence-electron chi connectivity index (χ2n) is 6.35. The van der Waals surface area contributed by atoms with Crippen LogP contribution in [0.4, 0.5) is 15.8 Å². The minimum atomic E-state index is -0.508. The van der Waals surface area contributed by atoms with Crippen molar-refractivity contribution < 1.29 is 13.9 Å². The van der Waals surface area contributed by atoms with E-state index in [1.807, 2.05) is 24.3 Å². The Labute approximate surface area is 167 Å². The predicted octanol–water partition coefficient (Wildman–Crippen LogP) is 3.75. The van der Waals surface area contributed by atoms with Crippen LogP contribution in [0, 0.1) is 5.82 Å².